The van der Waals surface area contributed by atoms with E-state index in [9.17, 15) is 0 Å². The molecular weight excluding hydrogens is 248 g/mol. The van der Waals surface area contributed by atoms with Crippen molar-refractivity contribution in [2.24, 2.45) is 13.0 Å². The largest absolute Gasteiger partial charge is 0.308 e. The third-order valence-electron chi connectivity index (χ3n) is 5.53. The Hall–Kier alpha value is -0.870. The van der Waals surface area contributed by atoms with Crippen molar-refractivity contribution >= 4 is 0 Å². The molecule has 0 aromatic carbocycles. The second kappa shape index (κ2) is 4.85. The SMILES string of the molecule is CCC1(C)CNC(C)(C2CC2)CN1Cc1cnn(C)c1. The van der Waals surface area contributed by atoms with Crippen LogP contribution in [0.2, 0.25) is 0 Å². The minimum Gasteiger partial charge on any atom is -0.308 e. The van der Waals surface area contributed by atoms with Crippen LogP contribution in [0.5, 0.6) is 0 Å². The Balaban J connectivity index is 1.78. The average Bonchev–Trinajstić information content (AvgIpc) is 3.20. The maximum Gasteiger partial charge on any atom is 0.0534 e. The molecule has 3 rings (SSSR count). The van der Waals surface area contributed by atoms with Gasteiger partial charge in [0.2, 0.25) is 0 Å². The minimum atomic E-state index is 0.254. The molecule has 20 heavy (non-hydrogen) atoms. The number of aryl methyl sites for hydroxylation is 1. The molecule has 0 spiro atoms. The molecule has 1 aromatic rings. The van der Waals surface area contributed by atoms with Crippen molar-refractivity contribution in [3.8, 4) is 0 Å². The van der Waals surface area contributed by atoms with E-state index >= 15 is 0 Å². The summed E-state index contributed by atoms with van der Waals surface area (Å²) in [6.45, 7) is 10.4. The van der Waals surface area contributed by atoms with Crippen LogP contribution < -0.4 is 5.32 Å². The number of rotatable bonds is 4. The van der Waals surface area contributed by atoms with Gasteiger partial charge in [0.25, 0.3) is 0 Å². The van der Waals surface area contributed by atoms with Gasteiger partial charge >= 0.3 is 0 Å². The van der Waals surface area contributed by atoms with Crippen molar-refractivity contribution in [1.82, 2.24) is 20.0 Å². The third-order valence-corrected chi connectivity index (χ3v) is 5.53. The molecule has 4 nitrogen and oxygen atoms in total. The van der Waals surface area contributed by atoms with Gasteiger partial charge in [-0.1, -0.05) is 6.92 Å². The first-order chi connectivity index (χ1) is 9.45. The molecule has 0 radical (unpaired) electrons. The van der Waals surface area contributed by atoms with E-state index in [2.05, 4.69) is 42.3 Å². The number of aromatic nitrogens is 2. The highest BCUT2D eigenvalue weighted by Gasteiger charge is 2.48. The van der Waals surface area contributed by atoms with Gasteiger partial charge in [-0.25, -0.2) is 0 Å². The van der Waals surface area contributed by atoms with Crippen molar-refractivity contribution in [2.75, 3.05) is 13.1 Å². The van der Waals surface area contributed by atoms with E-state index in [1.165, 1.54) is 24.8 Å². The van der Waals surface area contributed by atoms with Gasteiger partial charge in [-0.3, -0.25) is 9.58 Å². The molecule has 2 atom stereocenters. The van der Waals surface area contributed by atoms with Gasteiger partial charge in [-0.05, 0) is 39.0 Å². The van der Waals surface area contributed by atoms with Crippen molar-refractivity contribution in [3.05, 3.63) is 18.0 Å². The van der Waals surface area contributed by atoms with E-state index in [1.54, 1.807) is 0 Å². The topological polar surface area (TPSA) is 33.1 Å². The van der Waals surface area contributed by atoms with Gasteiger partial charge in [0.15, 0.2) is 0 Å². The summed E-state index contributed by atoms with van der Waals surface area (Å²) < 4.78 is 1.90. The van der Waals surface area contributed by atoms with Crippen molar-refractivity contribution < 1.29 is 0 Å². The molecule has 2 unspecified atom stereocenters. The highest BCUT2D eigenvalue weighted by atomic mass is 15.3. The summed E-state index contributed by atoms with van der Waals surface area (Å²) in [5.41, 5.74) is 1.88. The van der Waals surface area contributed by atoms with Gasteiger partial charge in [-0.15, -0.1) is 0 Å². The van der Waals surface area contributed by atoms with Crippen LogP contribution >= 0.6 is 0 Å². The van der Waals surface area contributed by atoms with E-state index in [4.69, 9.17) is 0 Å². The Labute approximate surface area is 122 Å². The summed E-state index contributed by atoms with van der Waals surface area (Å²) in [7, 11) is 1.99. The monoisotopic (exact) mass is 276 g/mol. The summed E-state index contributed by atoms with van der Waals surface area (Å²) in [6, 6.07) is 0. The van der Waals surface area contributed by atoms with E-state index in [1.807, 2.05) is 17.9 Å². The predicted molar refractivity (Wildman–Crippen MR) is 81.4 cm³/mol. The molecule has 2 fully saturated rings. The van der Waals surface area contributed by atoms with Gasteiger partial charge in [0.05, 0.1) is 6.20 Å². The van der Waals surface area contributed by atoms with Crippen LogP contribution in [0.15, 0.2) is 12.4 Å². The number of nitrogens with zero attached hydrogens (tertiary/aromatic N) is 3. The summed E-state index contributed by atoms with van der Waals surface area (Å²) in [5.74, 6) is 0.875. The molecular formula is C16H28N4. The highest BCUT2D eigenvalue weighted by molar-refractivity contribution is 5.11. The smallest absolute Gasteiger partial charge is 0.0534 e. The second-order valence-corrected chi connectivity index (χ2v) is 7.27. The second-order valence-electron chi connectivity index (χ2n) is 7.27. The van der Waals surface area contributed by atoms with E-state index in [0.29, 0.717) is 5.54 Å². The van der Waals surface area contributed by atoms with Crippen LogP contribution in [-0.4, -0.2) is 38.8 Å². The fourth-order valence-electron chi connectivity index (χ4n) is 3.51. The van der Waals surface area contributed by atoms with Crippen molar-refractivity contribution in [3.63, 3.8) is 0 Å². The van der Waals surface area contributed by atoms with Crippen LogP contribution in [0.4, 0.5) is 0 Å². The highest BCUT2D eigenvalue weighted by Crippen LogP contribution is 2.43. The van der Waals surface area contributed by atoms with Crippen LogP contribution in [0.3, 0.4) is 0 Å². The first kappa shape index (κ1) is 14.1. The zero-order valence-electron chi connectivity index (χ0n) is 13.3. The standard InChI is InChI=1S/C16H28N4/c1-5-15(2)11-17-16(3,14-6-7-14)12-20(15)10-13-8-18-19(4)9-13/h8-9,14,17H,5-7,10-12H2,1-4H3. The molecule has 4 heteroatoms. The lowest BCUT2D eigenvalue weighted by atomic mass is 9.84. The van der Waals surface area contributed by atoms with Crippen molar-refractivity contribution in [2.45, 2.75) is 57.7 Å². The van der Waals surface area contributed by atoms with E-state index in [-0.39, 0.29) is 5.54 Å². The molecule has 1 aliphatic carbocycles. The summed E-state index contributed by atoms with van der Waals surface area (Å²) in [6.07, 6.45) is 8.13. The van der Waals surface area contributed by atoms with Crippen LogP contribution in [0.1, 0.15) is 45.6 Å². The Kier molecular flexibility index (Phi) is 3.41. The van der Waals surface area contributed by atoms with E-state index < -0.39 is 0 Å². The maximum atomic E-state index is 4.31. The molecule has 2 aliphatic rings. The van der Waals surface area contributed by atoms with Crippen LogP contribution in [0, 0.1) is 5.92 Å². The van der Waals surface area contributed by atoms with E-state index in [0.717, 1.165) is 25.6 Å². The van der Waals surface area contributed by atoms with Gasteiger partial charge in [-0.2, -0.15) is 5.10 Å². The minimum absolute atomic E-state index is 0.254. The summed E-state index contributed by atoms with van der Waals surface area (Å²) in [5, 5.41) is 8.17. The molecule has 1 aliphatic heterocycles. The normalized spacial score (nSPS) is 35.4. The third kappa shape index (κ3) is 2.51. The molecule has 0 bridgehead atoms. The molecule has 1 saturated heterocycles. The molecule has 112 valence electrons. The fourth-order valence-corrected chi connectivity index (χ4v) is 3.51. The molecule has 2 heterocycles. The van der Waals surface area contributed by atoms with Crippen LogP contribution in [-0.2, 0) is 13.6 Å². The quantitative estimate of drug-likeness (QED) is 0.915. The molecule has 1 N–H and O–H groups in total. The Morgan fingerprint density at radius 3 is 2.70 bits per heavy atom. The number of hydrogen-bond acceptors (Lipinski definition) is 3. The zero-order chi connectivity index (χ0) is 14.4. The lowest BCUT2D eigenvalue weighted by Crippen LogP contribution is -2.68. The molecule has 1 saturated carbocycles. The van der Waals surface area contributed by atoms with Crippen LogP contribution in [0.25, 0.3) is 0 Å². The summed E-state index contributed by atoms with van der Waals surface area (Å²) >= 11 is 0. The Bertz CT molecular complexity index is 479. The number of hydrogen-bond donors (Lipinski definition) is 1. The average molecular weight is 276 g/mol. The predicted octanol–water partition coefficient (Wildman–Crippen LogP) is 2.16. The first-order valence-corrected chi connectivity index (χ1v) is 7.93. The van der Waals surface area contributed by atoms with Gasteiger partial charge in [0.1, 0.15) is 0 Å². The maximum absolute atomic E-state index is 4.31. The number of nitrogens with one attached hydrogen (secondary N) is 1. The zero-order valence-corrected chi connectivity index (χ0v) is 13.3. The van der Waals surface area contributed by atoms with Crippen molar-refractivity contribution in [1.29, 1.82) is 0 Å². The lowest BCUT2D eigenvalue weighted by Gasteiger charge is -2.52. The molecule has 0 amide bonds. The molecule has 1 aromatic heterocycles. The first-order valence-electron chi connectivity index (χ1n) is 7.93. The van der Waals surface area contributed by atoms with Gasteiger partial charge < -0.3 is 5.32 Å². The Morgan fingerprint density at radius 1 is 1.40 bits per heavy atom. The summed E-state index contributed by atoms with van der Waals surface area (Å²) in [4.78, 5) is 2.68. The number of piperazine rings is 1. The fraction of sp³-hybridized carbons (Fsp3) is 0.812. The lowest BCUT2D eigenvalue weighted by molar-refractivity contribution is 0.00424. The van der Waals surface area contributed by atoms with Gasteiger partial charge in [0, 0.05) is 49.5 Å². The Morgan fingerprint density at radius 2 is 2.15 bits per heavy atom.